The zero-order valence-corrected chi connectivity index (χ0v) is 20.5. The van der Waals surface area contributed by atoms with Crippen LogP contribution in [0.2, 0.25) is 0 Å². The molecule has 0 saturated heterocycles. The minimum Gasteiger partial charge on any atom is -0.493 e. The first kappa shape index (κ1) is 23.5. The normalized spacial score (nSPS) is 19.2. The molecule has 1 aromatic carbocycles. The molecule has 0 unspecified atom stereocenters. The molecule has 2 aromatic heterocycles. The first-order chi connectivity index (χ1) is 15.8. The van der Waals surface area contributed by atoms with Gasteiger partial charge in [0.15, 0.2) is 0 Å². The molecule has 1 saturated carbocycles. The zero-order chi connectivity index (χ0) is 23.4. The van der Waals surface area contributed by atoms with Gasteiger partial charge in [0, 0.05) is 30.1 Å². The molecular formula is C25H34N4O3S. The van der Waals surface area contributed by atoms with Gasteiger partial charge in [-0.15, -0.1) is 0 Å². The van der Waals surface area contributed by atoms with Gasteiger partial charge < -0.3 is 14.6 Å². The van der Waals surface area contributed by atoms with E-state index in [-0.39, 0.29) is 5.75 Å². The minimum atomic E-state index is -2.98. The van der Waals surface area contributed by atoms with Crippen LogP contribution in [0.5, 0.6) is 5.75 Å². The Hall–Kier alpha value is -2.61. The molecule has 7 nitrogen and oxygen atoms in total. The van der Waals surface area contributed by atoms with E-state index in [1.54, 1.807) is 6.20 Å². The second-order valence-corrected chi connectivity index (χ2v) is 11.7. The molecule has 1 aliphatic carbocycles. The molecule has 2 heterocycles. The minimum absolute atomic E-state index is 0.125. The highest BCUT2D eigenvalue weighted by Gasteiger charge is 2.23. The summed E-state index contributed by atoms with van der Waals surface area (Å²) in [4.78, 5) is 9.23. The van der Waals surface area contributed by atoms with E-state index in [0.29, 0.717) is 25.0 Å². The number of aromatic nitrogens is 3. The lowest BCUT2D eigenvalue weighted by molar-refractivity contribution is 0.266. The summed E-state index contributed by atoms with van der Waals surface area (Å²) in [6.45, 7) is 5.00. The van der Waals surface area contributed by atoms with Crippen LogP contribution in [0.3, 0.4) is 0 Å². The highest BCUT2D eigenvalue weighted by Crippen LogP contribution is 2.31. The average molecular weight is 471 g/mol. The highest BCUT2D eigenvalue weighted by atomic mass is 32.2. The third-order valence-electron chi connectivity index (χ3n) is 6.55. The van der Waals surface area contributed by atoms with Gasteiger partial charge >= 0.3 is 0 Å². The molecule has 1 fully saturated rings. The number of sulfone groups is 1. The van der Waals surface area contributed by atoms with Gasteiger partial charge in [0.2, 0.25) is 5.95 Å². The Morgan fingerprint density at radius 1 is 1.15 bits per heavy atom. The molecule has 0 atom stereocenters. The summed E-state index contributed by atoms with van der Waals surface area (Å²) < 4.78 is 30.6. The van der Waals surface area contributed by atoms with E-state index in [1.807, 2.05) is 41.1 Å². The van der Waals surface area contributed by atoms with Gasteiger partial charge in [-0.3, -0.25) is 0 Å². The lowest BCUT2D eigenvalue weighted by Crippen LogP contribution is -2.28. The van der Waals surface area contributed by atoms with Crippen molar-refractivity contribution in [3.05, 3.63) is 42.7 Å². The molecule has 1 N–H and O–H groups in total. The van der Waals surface area contributed by atoms with Crippen molar-refractivity contribution in [1.29, 1.82) is 0 Å². The predicted molar refractivity (Wildman–Crippen MR) is 133 cm³/mol. The number of hydrogen-bond acceptors (Lipinski definition) is 6. The Labute approximate surface area is 196 Å². The molecule has 0 spiro atoms. The van der Waals surface area contributed by atoms with E-state index >= 15 is 0 Å². The topological polar surface area (TPSA) is 86.1 Å². The molecule has 0 aliphatic heterocycles. The molecule has 0 radical (unpaired) electrons. The third kappa shape index (κ3) is 6.05. The van der Waals surface area contributed by atoms with Crippen molar-refractivity contribution in [1.82, 2.24) is 14.5 Å². The van der Waals surface area contributed by atoms with Gasteiger partial charge in [-0.05, 0) is 68.2 Å². The Bertz CT molecular complexity index is 1180. The van der Waals surface area contributed by atoms with Crippen molar-refractivity contribution >= 4 is 26.7 Å². The average Bonchev–Trinajstić information content (AvgIpc) is 3.22. The van der Waals surface area contributed by atoms with Crippen LogP contribution < -0.4 is 10.1 Å². The van der Waals surface area contributed by atoms with Crippen molar-refractivity contribution in [2.45, 2.75) is 52.0 Å². The first-order valence-corrected chi connectivity index (χ1v) is 13.9. The summed E-state index contributed by atoms with van der Waals surface area (Å²) >= 11 is 0. The Balaban J connectivity index is 1.46. The molecular weight excluding hydrogens is 436 g/mol. The Morgan fingerprint density at radius 3 is 2.67 bits per heavy atom. The summed E-state index contributed by atoms with van der Waals surface area (Å²) in [7, 11) is -2.98. The number of ether oxygens (including phenoxy) is 1. The van der Waals surface area contributed by atoms with Crippen molar-refractivity contribution in [3.8, 4) is 11.6 Å². The van der Waals surface area contributed by atoms with E-state index in [9.17, 15) is 8.42 Å². The Morgan fingerprint density at radius 2 is 1.94 bits per heavy atom. The number of hydrogen-bond donors (Lipinski definition) is 1. The van der Waals surface area contributed by atoms with Gasteiger partial charge in [-0.25, -0.2) is 13.4 Å². The van der Waals surface area contributed by atoms with Crippen molar-refractivity contribution < 1.29 is 13.2 Å². The molecule has 0 bridgehead atoms. The van der Waals surface area contributed by atoms with Gasteiger partial charge in [0.05, 0.1) is 17.9 Å². The predicted octanol–water partition coefficient (Wildman–Crippen LogP) is 4.86. The van der Waals surface area contributed by atoms with Crippen molar-refractivity contribution in [2.75, 3.05) is 23.9 Å². The van der Waals surface area contributed by atoms with Crippen LogP contribution in [-0.2, 0) is 9.84 Å². The van der Waals surface area contributed by atoms with Crippen molar-refractivity contribution in [3.63, 3.8) is 0 Å². The van der Waals surface area contributed by atoms with E-state index in [0.717, 1.165) is 47.1 Å². The molecule has 1 aliphatic rings. The van der Waals surface area contributed by atoms with E-state index < -0.39 is 9.84 Å². The SMILES string of the molecule is CC(C)[C@H]1CC[C@H](Nc2nccc(-n3ccc4c(OCCCS(C)(=O)=O)cccc43)n2)CC1. The fourth-order valence-corrected chi connectivity index (χ4v) is 5.28. The lowest BCUT2D eigenvalue weighted by Gasteiger charge is -2.31. The number of fused-ring (bicyclic) bond motifs is 1. The van der Waals surface area contributed by atoms with Crippen LogP contribution in [0.1, 0.15) is 46.0 Å². The van der Waals surface area contributed by atoms with Gasteiger partial charge in [-0.2, -0.15) is 4.98 Å². The van der Waals surface area contributed by atoms with Crippen LogP contribution >= 0.6 is 0 Å². The van der Waals surface area contributed by atoms with Gasteiger partial charge in [0.1, 0.15) is 21.4 Å². The molecule has 8 heteroatoms. The molecule has 33 heavy (non-hydrogen) atoms. The summed E-state index contributed by atoms with van der Waals surface area (Å²) in [6.07, 6.45) is 10.3. The molecule has 0 amide bonds. The molecule has 178 valence electrons. The second-order valence-electron chi connectivity index (χ2n) is 9.45. The number of anilines is 1. The quantitative estimate of drug-likeness (QED) is 0.450. The lowest BCUT2D eigenvalue weighted by atomic mass is 9.80. The van der Waals surface area contributed by atoms with Crippen LogP contribution in [-0.4, -0.2) is 47.6 Å². The second kappa shape index (κ2) is 10.1. The van der Waals surface area contributed by atoms with Gasteiger partial charge in [0.25, 0.3) is 0 Å². The fraction of sp³-hybridized carbons (Fsp3) is 0.520. The molecule has 3 aromatic rings. The summed E-state index contributed by atoms with van der Waals surface area (Å²) in [6, 6.07) is 10.2. The largest absolute Gasteiger partial charge is 0.493 e. The van der Waals surface area contributed by atoms with Crippen LogP contribution in [0.25, 0.3) is 16.7 Å². The monoisotopic (exact) mass is 470 g/mol. The van der Waals surface area contributed by atoms with E-state index in [4.69, 9.17) is 9.72 Å². The van der Waals surface area contributed by atoms with Crippen LogP contribution in [0.15, 0.2) is 42.7 Å². The summed E-state index contributed by atoms with van der Waals surface area (Å²) in [5.41, 5.74) is 0.984. The van der Waals surface area contributed by atoms with E-state index in [2.05, 4.69) is 24.1 Å². The van der Waals surface area contributed by atoms with Gasteiger partial charge in [-0.1, -0.05) is 19.9 Å². The number of benzene rings is 1. The maximum Gasteiger partial charge on any atom is 0.224 e. The maximum atomic E-state index is 11.3. The fourth-order valence-electron chi connectivity index (χ4n) is 4.63. The van der Waals surface area contributed by atoms with Crippen LogP contribution in [0, 0.1) is 11.8 Å². The number of nitrogens with one attached hydrogen (secondary N) is 1. The zero-order valence-electron chi connectivity index (χ0n) is 19.7. The third-order valence-corrected chi connectivity index (χ3v) is 7.58. The maximum absolute atomic E-state index is 11.3. The summed E-state index contributed by atoms with van der Waals surface area (Å²) in [5, 5.41) is 4.51. The standard InChI is InChI=1S/C25H34N4O3S/c1-18(2)19-8-10-20(11-9-19)27-25-26-14-12-24(28-25)29-15-13-21-22(29)6-4-7-23(21)32-16-5-17-33(3,30)31/h4,6-7,12-15,18-20H,5,8-11,16-17H2,1-3H3,(H,26,27,28)/t19-,20-. The van der Waals surface area contributed by atoms with Crippen molar-refractivity contribution in [2.24, 2.45) is 11.8 Å². The smallest absolute Gasteiger partial charge is 0.224 e. The number of nitrogens with zero attached hydrogens (tertiary/aromatic N) is 3. The van der Waals surface area contributed by atoms with E-state index in [1.165, 1.54) is 19.1 Å². The Kier molecular flexibility index (Phi) is 7.22. The molecule has 4 rings (SSSR count). The van der Waals surface area contributed by atoms with Crippen LogP contribution in [0.4, 0.5) is 5.95 Å². The first-order valence-electron chi connectivity index (χ1n) is 11.8. The summed E-state index contributed by atoms with van der Waals surface area (Å²) in [5.74, 6) is 3.91. The number of rotatable bonds is 9. The highest BCUT2D eigenvalue weighted by molar-refractivity contribution is 7.90.